The topological polar surface area (TPSA) is 460 Å². The number of fused-ring (bicyclic) bond motifs is 6. The highest BCUT2D eigenvalue weighted by molar-refractivity contribution is 6.13. The Hall–Kier alpha value is -13.5. The molecule has 0 spiro atoms. The highest BCUT2D eigenvalue weighted by Gasteiger charge is 2.35. The van der Waals surface area contributed by atoms with E-state index in [1.54, 1.807) is 14.7 Å². The highest BCUT2D eigenvalue weighted by atomic mass is 16.6. The first-order valence-corrected chi connectivity index (χ1v) is 49.7. The van der Waals surface area contributed by atoms with Crippen LogP contribution in [0, 0.1) is 35.5 Å². The lowest BCUT2D eigenvalue weighted by Crippen LogP contribution is -2.59. The van der Waals surface area contributed by atoms with Gasteiger partial charge in [0.2, 0.25) is 65.0 Å². The molecule has 0 saturated carbocycles. The Morgan fingerprint density at radius 1 is 0.238 bits per heavy atom. The van der Waals surface area contributed by atoms with E-state index in [1.807, 2.05) is 146 Å². The molecule has 39 heteroatoms. The van der Waals surface area contributed by atoms with Crippen molar-refractivity contribution in [1.29, 1.82) is 0 Å². The monoisotopic (exact) mass is 2030 g/mol. The Bertz CT molecular complexity index is 5020. The van der Waals surface area contributed by atoms with Crippen LogP contribution in [-0.2, 0) is 148 Å². The van der Waals surface area contributed by atoms with Crippen LogP contribution >= 0.6 is 0 Å². The van der Waals surface area contributed by atoms with Crippen LogP contribution in [0.2, 0.25) is 0 Å². The average Bonchev–Trinajstić information content (AvgIpc) is 1.81. The van der Waals surface area contributed by atoms with E-state index in [1.165, 1.54) is 0 Å². The highest BCUT2D eigenvalue weighted by Crippen LogP contribution is 2.30. The van der Waals surface area contributed by atoms with E-state index in [0.29, 0.717) is 36.7 Å². The third kappa shape index (κ3) is 44.4. The van der Waals surface area contributed by atoms with Crippen molar-refractivity contribution >= 4 is 93.9 Å². The van der Waals surface area contributed by atoms with Gasteiger partial charge in [0, 0.05) is 169 Å². The predicted molar refractivity (Wildman–Crippen MR) is 540 cm³/mol. The molecule has 4 heterocycles. The van der Waals surface area contributed by atoms with Gasteiger partial charge in [-0.25, -0.2) is 0 Å². The van der Waals surface area contributed by atoms with Crippen LogP contribution < -0.4 is 57.2 Å². The standard InChI is InChI=1S/C108H134N12O27/c121-95(31-34-105(131)118-77-89-19-4-1-13-83(89)25-28-86-16-7-10-22-92(86)118)109-44-56-136-65-71-142-74-68-139-60-48-113-99(125)40-53-145-80-108(116-102(128)43-52-134-63-64-135-59-47-112-98(124)39-51-117-103(129)37-38-104(117)130,81-146-54-41-100(126)114-49-61-140-69-75-143-72-66-137-57-45-110-96(122)32-35-106(132)119-78-90-20-5-2-14-84(90)26-29-87-17-8-11-23-93(87)119)82-147-55-42-101(127)115-50-62-141-70-76-144-73-67-138-58-46-111-97(123)33-36-107(133)120-79-91-21-6-3-15-85(91)27-30-88-18-9-12-24-94(88)120/h1-24,37-38H,31-36,39-82H2,(H,109,121)(H,110,122)(H,111,123)(H,112,124)(H,113,125)(H,114,126)(H,115,127)(H,116,128). The lowest BCUT2D eigenvalue weighted by Gasteiger charge is -2.34. The Labute approximate surface area is 856 Å². The molecule has 0 aromatic heterocycles. The summed E-state index contributed by atoms with van der Waals surface area (Å²) in [4.78, 5) is 175. The molecule has 6 aromatic rings. The molecule has 39 nitrogen and oxygen atoms in total. The minimum Gasteiger partial charge on any atom is -0.379 e. The first-order chi connectivity index (χ1) is 71.9. The molecule has 13 amide bonds. The fourth-order valence-corrected chi connectivity index (χ4v) is 15.0. The Morgan fingerprint density at radius 2 is 0.456 bits per heavy atom. The van der Waals surface area contributed by atoms with Crippen molar-refractivity contribution < 1.29 is 129 Å². The first-order valence-electron chi connectivity index (χ1n) is 49.7. The predicted octanol–water partition coefficient (Wildman–Crippen LogP) is 3.94. The number of anilines is 3. The van der Waals surface area contributed by atoms with Gasteiger partial charge in [0.1, 0.15) is 5.54 Å². The van der Waals surface area contributed by atoms with E-state index in [4.69, 9.17) is 66.3 Å². The summed E-state index contributed by atoms with van der Waals surface area (Å²) in [6.45, 7) is 5.44. The smallest absolute Gasteiger partial charge is 0.253 e. The summed E-state index contributed by atoms with van der Waals surface area (Å²) in [5.41, 5.74) is 8.10. The molecule has 6 aromatic carbocycles. The van der Waals surface area contributed by atoms with Crippen LogP contribution in [-0.4, -0.2) is 325 Å². The maximum Gasteiger partial charge on any atom is 0.253 e. The molecule has 0 radical (unpaired) electrons. The lowest BCUT2D eigenvalue weighted by atomic mass is 10.0. The Kier molecular flexibility index (Phi) is 53.4. The summed E-state index contributed by atoms with van der Waals surface area (Å²) in [5, 5.41) is 22.4. The molecular weight excluding hydrogens is 1900 g/mol. The summed E-state index contributed by atoms with van der Waals surface area (Å²) in [7, 11) is 0. The SMILES string of the molecule is O=C(CCOCC(COCCC(=O)NCCOCCOCCOCCNC(=O)CCC(=O)N1Cc2ccccc2C#Cc2ccccc21)(COCCC(=O)NCCOCCOCCOCCNC(=O)CCC(=O)N1Cc2ccccc2C#Cc2ccccc21)NC(=O)CCOCCOCCNC(=O)CCN1C(=O)C=CC1=O)NCCOCCOCCOCCNC(=O)CCC(=O)N1Cc2ccccc2C#Cc2ccccc21. The fraction of sp³-hybridized carbons (Fsp3) is 0.472. The van der Waals surface area contributed by atoms with E-state index < -0.39 is 23.3 Å². The summed E-state index contributed by atoms with van der Waals surface area (Å²) in [5.74, 6) is 14.8. The van der Waals surface area contributed by atoms with Gasteiger partial charge in [-0.05, 0) is 71.3 Å². The van der Waals surface area contributed by atoms with E-state index in [2.05, 4.69) is 78.1 Å². The molecule has 0 unspecified atom stereocenters. The van der Waals surface area contributed by atoms with E-state index in [9.17, 15) is 62.3 Å². The molecule has 4 aliphatic heterocycles. The number of nitrogens with zero attached hydrogens (tertiary/aromatic N) is 4. The van der Waals surface area contributed by atoms with Gasteiger partial charge >= 0.3 is 0 Å². The third-order valence-electron chi connectivity index (χ3n) is 22.7. The van der Waals surface area contributed by atoms with E-state index >= 15 is 0 Å². The van der Waals surface area contributed by atoms with E-state index in [-0.39, 0.29) is 367 Å². The van der Waals surface area contributed by atoms with Gasteiger partial charge in [0.15, 0.2) is 0 Å². The van der Waals surface area contributed by atoms with Crippen molar-refractivity contribution in [2.75, 3.05) is 252 Å². The number of carbonyl (C=O) groups excluding carboxylic acids is 13. The number of benzene rings is 6. The molecule has 0 fully saturated rings. The second-order valence-electron chi connectivity index (χ2n) is 33.8. The fourth-order valence-electron chi connectivity index (χ4n) is 15.0. The Morgan fingerprint density at radius 3 is 0.741 bits per heavy atom. The van der Waals surface area contributed by atoms with Gasteiger partial charge in [0.25, 0.3) is 11.8 Å². The largest absolute Gasteiger partial charge is 0.379 e. The third-order valence-corrected chi connectivity index (χ3v) is 22.7. The molecular formula is C108H134N12O27. The molecule has 788 valence electrons. The molecule has 0 atom stereocenters. The second kappa shape index (κ2) is 68.0. The number of imide groups is 1. The van der Waals surface area contributed by atoms with Gasteiger partial charge in [-0.2, -0.15) is 0 Å². The normalized spacial score (nSPS) is 12.5. The number of carbonyl (C=O) groups is 13. The quantitative estimate of drug-likeness (QED) is 0.0152. The second-order valence-corrected chi connectivity index (χ2v) is 33.8. The lowest BCUT2D eigenvalue weighted by molar-refractivity contribution is -0.137. The van der Waals surface area contributed by atoms with Crippen molar-refractivity contribution in [1.82, 2.24) is 47.4 Å². The van der Waals surface area contributed by atoms with Crippen molar-refractivity contribution in [2.24, 2.45) is 0 Å². The van der Waals surface area contributed by atoms with Crippen LogP contribution in [0.5, 0.6) is 0 Å². The minimum absolute atomic E-state index is 0.000302. The number of ether oxygens (including phenoxy) is 14. The maximum atomic E-state index is 14.0. The zero-order valence-electron chi connectivity index (χ0n) is 83.2. The number of nitrogens with one attached hydrogen (secondary N) is 8. The summed E-state index contributed by atoms with van der Waals surface area (Å²) in [6, 6.07) is 45.4. The van der Waals surface area contributed by atoms with Crippen LogP contribution in [0.15, 0.2) is 158 Å². The molecule has 0 bridgehead atoms. The number of hydrogen-bond acceptors (Lipinski definition) is 27. The van der Waals surface area contributed by atoms with Gasteiger partial charge < -0.3 is 124 Å². The maximum absolute atomic E-state index is 14.0. The minimum atomic E-state index is -1.48. The molecule has 8 N–H and O–H groups in total. The van der Waals surface area contributed by atoms with Gasteiger partial charge in [-0.3, -0.25) is 67.2 Å². The average molecular weight is 2030 g/mol. The summed E-state index contributed by atoms with van der Waals surface area (Å²) >= 11 is 0. The van der Waals surface area contributed by atoms with Crippen LogP contribution in [0.25, 0.3) is 0 Å². The van der Waals surface area contributed by atoms with Crippen molar-refractivity contribution in [3.63, 3.8) is 0 Å². The van der Waals surface area contributed by atoms with Crippen molar-refractivity contribution in [3.05, 3.63) is 208 Å². The number of amides is 13. The van der Waals surface area contributed by atoms with Gasteiger partial charge in [-0.15, -0.1) is 0 Å². The summed E-state index contributed by atoms with van der Waals surface area (Å²) < 4.78 is 80.4. The zero-order valence-corrected chi connectivity index (χ0v) is 83.2. The molecule has 10 rings (SSSR count). The van der Waals surface area contributed by atoms with Gasteiger partial charge in [-0.1, -0.05) is 127 Å². The van der Waals surface area contributed by atoms with Crippen molar-refractivity contribution in [3.8, 4) is 35.5 Å². The van der Waals surface area contributed by atoms with E-state index in [0.717, 1.165) is 67.1 Å². The molecule has 0 aliphatic carbocycles. The summed E-state index contributed by atoms with van der Waals surface area (Å²) in [6.07, 6.45) is 1.74. The molecule has 4 aliphatic rings. The van der Waals surface area contributed by atoms with Crippen LogP contribution in [0.1, 0.15) is 121 Å². The van der Waals surface area contributed by atoms with Gasteiger partial charge in [0.05, 0.1) is 222 Å². The number of para-hydroxylation sites is 3. The molecule has 0 saturated heterocycles. The van der Waals surface area contributed by atoms with Crippen LogP contribution in [0.4, 0.5) is 17.1 Å². The van der Waals surface area contributed by atoms with Crippen LogP contribution in [0.3, 0.4) is 0 Å². The number of rotatable bonds is 73. The van der Waals surface area contributed by atoms with Crippen molar-refractivity contribution in [2.45, 2.75) is 95.8 Å². The first kappa shape index (κ1) is 115. The Balaban J connectivity index is 0.609. The molecule has 147 heavy (non-hydrogen) atoms. The number of hydrogen-bond donors (Lipinski definition) is 8. The zero-order chi connectivity index (χ0) is 104.